The average molecular weight is 156 g/mol. The first-order chi connectivity index (χ1) is 5.29. The molecular weight excluding hydrogens is 140 g/mol. The third kappa shape index (κ3) is 2.19. The van der Waals surface area contributed by atoms with Gasteiger partial charge in [0.15, 0.2) is 0 Å². The van der Waals surface area contributed by atoms with Crippen molar-refractivity contribution in [3.63, 3.8) is 0 Å². The van der Waals surface area contributed by atoms with E-state index in [4.69, 9.17) is 5.73 Å². The van der Waals surface area contributed by atoms with Crippen molar-refractivity contribution >= 4 is 5.91 Å². The molecule has 11 heavy (non-hydrogen) atoms. The third-order valence-electron chi connectivity index (χ3n) is 1.98. The van der Waals surface area contributed by atoms with Crippen molar-refractivity contribution in [2.24, 2.45) is 5.73 Å². The number of nitrogens with two attached hydrogens (primary N) is 1. The lowest BCUT2D eigenvalue weighted by molar-refractivity contribution is -0.131. The van der Waals surface area contributed by atoms with Crippen molar-refractivity contribution in [3.8, 4) is 0 Å². The molecule has 0 aliphatic heterocycles. The van der Waals surface area contributed by atoms with Crippen LogP contribution in [0.15, 0.2) is 0 Å². The number of amides is 1. The van der Waals surface area contributed by atoms with Gasteiger partial charge in [-0.05, 0) is 12.8 Å². The number of hydrogen-bond donors (Lipinski definition) is 1. The molecule has 1 saturated carbocycles. The summed E-state index contributed by atoms with van der Waals surface area (Å²) < 4.78 is 0. The predicted molar refractivity (Wildman–Crippen MR) is 44.1 cm³/mol. The topological polar surface area (TPSA) is 46.3 Å². The highest BCUT2D eigenvalue weighted by molar-refractivity contribution is 5.76. The first-order valence-electron chi connectivity index (χ1n) is 4.29. The second kappa shape index (κ2) is 3.72. The molecule has 1 amide bonds. The minimum Gasteiger partial charge on any atom is -0.338 e. The van der Waals surface area contributed by atoms with Gasteiger partial charge in [0.2, 0.25) is 5.91 Å². The molecule has 0 spiro atoms. The fourth-order valence-corrected chi connectivity index (χ4v) is 1.24. The van der Waals surface area contributed by atoms with Crippen LogP contribution < -0.4 is 5.73 Å². The van der Waals surface area contributed by atoms with Gasteiger partial charge in [0.05, 0.1) is 0 Å². The Labute approximate surface area is 67.5 Å². The summed E-state index contributed by atoms with van der Waals surface area (Å²) in [6.07, 6.45) is 2.95. The summed E-state index contributed by atoms with van der Waals surface area (Å²) in [6.45, 7) is 3.22. The average Bonchev–Trinajstić information content (AvgIpc) is 2.81. The van der Waals surface area contributed by atoms with Crippen LogP contribution in [-0.2, 0) is 4.79 Å². The maximum atomic E-state index is 11.3. The Balaban J connectivity index is 2.37. The van der Waals surface area contributed by atoms with Gasteiger partial charge in [-0.25, -0.2) is 0 Å². The van der Waals surface area contributed by atoms with E-state index in [0.717, 1.165) is 6.54 Å². The van der Waals surface area contributed by atoms with Gasteiger partial charge in [0, 0.05) is 25.6 Å². The Kier molecular flexibility index (Phi) is 2.88. The molecule has 0 aromatic carbocycles. The number of hydrogen-bond acceptors (Lipinski definition) is 2. The molecule has 0 radical (unpaired) electrons. The lowest BCUT2D eigenvalue weighted by Gasteiger charge is -2.20. The van der Waals surface area contributed by atoms with E-state index < -0.39 is 0 Å². The molecule has 0 atom stereocenters. The Bertz CT molecular complexity index is 143. The lowest BCUT2D eigenvalue weighted by Crippen LogP contribution is -2.36. The summed E-state index contributed by atoms with van der Waals surface area (Å²) in [5, 5.41) is 0. The Morgan fingerprint density at radius 2 is 2.27 bits per heavy atom. The Morgan fingerprint density at radius 1 is 1.64 bits per heavy atom. The Hall–Kier alpha value is -0.570. The van der Waals surface area contributed by atoms with Crippen molar-refractivity contribution in [2.75, 3.05) is 13.1 Å². The Morgan fingerprint density at radius 3 is 2.64 bits per heavy atom. The largest absolute Gasteiger partial charge is 0.338 e. The zero-order valence-electron chi connectivity index (χ0n) is 7.05. The molecule has 1 aliphatic carbocycles. The first kappa shape index (κ1) is 8.53. The fraction of sp³-hybridized carbons (Fsp3) is 0.875. The summed E-state index contributed by atoms with van der Waals surface area (Å²) in [4.78, 5) is 13.2. The molecule has 3 nitrogen and oxygen atoms in total. The smallest absolute Gasteiger partial charge is 0.222 e. The van der Waals surface area contributed by atoms with E-state index >= 15 is 0 Å². The van der Waals surface area contributed by atoms with Crippen LogP contribution in [0.2, 0.25) is 0 Å². The van der Waals surface area contributed by atoms with Gasteiger partial charge in [-0.1, -0.05) is 6.92 Å². The molecule has 3 heteroatoms. The minimum atomic E-state index is 0.248. The molecule has 0 unspecified atom stereocenters. The molecule has 1 fully saturated rings. The van der Waals surface area contributed by atoms with Crippen molar-refractivity contribution in [1.82, 2.24) is 4.90 Å². The van der Waals surface area contributed by atoms with Gasteiger partial charge in [-0.3, -0.25) is 4.79 Å². The van der Waals surface area contributed by atoms with E-state index in [2.05, 4.69) is 0 Å². The van der Waals surface area contributed by atoms with E-state index in [1.165, 1.54) is 12.8 Å². The van der Waals surface area contributed by atoms with E-state index in [9.17, 15) is 4.79 Å². The number of nitrogens with zero attached hydrogens (tertiary/aromatic N) is 1. The number of rotatable bonds is 4. The maximum Gasteiger partial charge on any atom is 0.222 e. The van der Waals surface area contributed by atoms with Crippen LogP contribution in [0, 0.1) is 0 Å². The van der Waals surface area contributed by atoms with Gasteiger partial charge >= 0.3 is 0 Å². The summed E-state index contributed by atoms with van der Waals surface area (Å²) in [6, 6.07) is 0.519. The summed E-state index contributed by atoms with van der Waals surface area (Å²) in [5.41, 5.74) is 5.39. The highest BCUT2D eigenvalue weighted by atomic mass is 16.2. The molecule has 0 aromatic rings. The SMILES string of the molecule is CCC(=O)N(CCN)C1CC1. The molecule has 2 N–H and O–H groups in total. The fourth-order valence-electron chi connectivity index (χ4n) is 1.24. The zero-order valence-corrected chi connectivity index (χ0v) is 7.05. The molecule has 0 aromatic heterocycles. The van der Waals surface area contributed by atoms with E-state index in [-0.39, 0.29) is 5.91 Å². The first-order valence-corrected chi connectivity index (χ1v) is 4.29. The number of carbonyl (C=O) groups excluding carboxylic acids is 1. The molecular formula is C8H16N2O. The van der Waals surface area contributed by atoms with Crippen molar-refractivity contribution in [1.29, 1.82) is 0 Å². The second-order valence-electron chi connectivity index (χ2n) is 2.96. The molecule has 0 heterocycles. The van der Waals surface area contributed by atoms with Gasteiger partial charge in [-0.2, -0.15) is 0 Å². The van der Waals surface area contributed by atoms with Gasteiger partial charge in [0.25, 0.3) is 0 Å². The van der Waals surface area contributed by atoms with Crippen molar-refractivity contribution in [3.05, 3.63) is 0 Å². The maximum absolute atomic E-state index is 11.3. The van der Waals surface area contributed by atoms with Gasteiger partial charge in [-0.15, -0.1) is 0 Å². The standard InChI is InChI=1S/C8H16N2O/c1-2-8(11)10(6-5-9)7-3-4-7/h7H,2-6,9H2,1H3. The molecule has 64 valence electrons. The van der Waals surface area contributed by atoms with Gasteiger partial charge in [0.1, 0.15) is 0 Å². The van der Waals surface area contributed by atoms with Crippen LogP contribution in [0.25, 0.3) is 0 Å². The molecule has 1 aliphatic rings. The normalized spacial score (nSPS) is 16.5. The van der Waals surface area contributed by atoms with Crippen molar-refractivity contribution in [2.45, 2.75) is 32.2 Å². The van der Waals surface area contributed by atoms with Crippen LogP contribution >= 0.6 is 0 Å². The summed E-state index contributed by atoms with van der Waals surface area (Å²) in [7, 11) is 0. The quantitative estimate of drug-likeness (QED) is 0.638. The van der Waals surface area contributed by atoms with Crippen LogP contribution in [0.4, 0.5) is 0 Å². The van der Waals surface area contributed by atoms with Gasteiger partial charge < -0.3 is 10.6 Å². The second-order valence-corrected chi connectivity index (χ2v) is 2.96. The minimum absolute atomic E-state index is 0.248. The van der Waals surface area contributed by atoms with Crippen molar-refractivity contribution < 1.29 is 4.79 Å². The molecule has 0 saturated heterocycles. The third-order valence-corrected chi connectivity index (χ3v) is 1.98. The van der Waals surface area contributed by atoms with E-state index in [1.807, 2.05) is 11.8 Å². The highest BCUT2D eigenvalue weighted by Crippen LogP contribution is 2.26. The van der Waals surface area contributed by atoms with Crippen LogP contribution in [0.3, 0.4) is 0 Å². The number of carbonyl (C=O) groups is 1. The molecule has 0 bridgehead atoms. The van der Waals surface area contributed by atoms with Crippen LogP contribution in [0.5, 0.6) is 0 Å². The van der Waals surface area contributed by atoms with E-state index in [0.29, 0.717) is 19.0 Å². The zero-order chi connectivity index (χ0) is 8.27. The monoisotopic (exact) mass is 156 g/mol. The van der Waals surface area contributed by atoms with Crippen LogP contribution in [0.1, 0.15) is 26.2 Å². The highest BCUT2D eigenvalue weighted by Gasteiger charge is 2.30. The lowest BCUT2D eigenvalue weighted by atomic mass is 10.3. The van der Waals surface area contributed by atoms with Crippen LogP contribution in [-0.4, -0.2) is 29.9 Å². The summed E-state index contributed by atoms with van der Waals surface area (Å²) >= 11 is 0. The van der Waals surface area contributed by atoms with E-state index in [1.54, 1.807) is 0 Å². The molecule has 1 rings (SSSR count). The summed E-state index contributed by atoms with van der Waals surface area (Å²) in [5.74, 6) is 0.248. The predicted octanol–water partition coefficient (Wildman–Crippen LogP) is 0.346.